The molecule has 0 unspecified atom stereocenters. The highest BCUT2D eigenvalue weighted by molar-refractivity contribution is 7.20. The second kappa shape index (κ2) is 5.17. The number of carbonyl (C=O) groups is 1. The molecule has 104 valence electrons. The van der Waals surface area contributed by atoms with Gasteiger partial charge in [0.2, 0.25) is 0 Å². The first-order valence-electron chi connectivity index (χ1n) is 6.55. The van der Waals surface area contributed by atoms with Crippen molar-refractivity contribution in [2.24, 2.45) is 0 Å². The lowest BCUT2D eigenvalue weighted by Crippen LogP contribution is -2.21. The molecule has 0 atom stereocenters. The normalized spacial score (nSPS) is 11.3. The van der Waals surface area contributed by atoms with Crippen LogP contribution in [0.4, 0.5) is 0 Å². The molecule has 3 heterocycles. The van der Waals surface area contributed by atoms with Crippen LogP contribution in [-0.2, 0) is 6.54 Å². The average molecular weight is 288 g/mol. The Bertz CT molecular complexity index is 691. The third-order valence-corrected chi connectivity index (χ3v) is 4.25. The monoisotopic (exact) mass is 288 g/mol. The maximum absolute atomic E-state index is 12.1. The summed E-state index contributed by atoms with van der Waals surface area (Å²) >= 11 is 1.52. The molecule has 5 heteroatoms. The lowest BCUT2D eigenvalue weighted by atomic mass is 10.3. The van der Waals surface area contributed by atoms with Crippen molar-refractivity contribution >= 4 is 27.3 Å². The van der Waals surface area contributed by atoms with Gasteiger partial charge in [-0.15, -0.1) is 11.3 Å². The van der Waals surface area contributed by atoms with Crippen LogP contribution >= 0.6 is 11.3 Å². The van der Waals surface area contributed by atoms with E-state index in [-0.39, 0.29) is 5.91 Å². The Labute approximate surface area is 121 Å². The standard InChI is InChI=1S/C15H16N2O2S/c1-10(2)17-8-11-6-13(20-14(11)9-17)15(18)16-7-12-4-3-5-19-12/h3-6,8-10H,7H2,1-2H3,(H,16,18). The van der Waals surface area contributed by atoms with Crippen LogP contribution in [0.2, 0.25) is 0 Å². The number of rotatable bonds is 4. The van der Waals surface area contributed by atoms with Gasteiger partial charge >= 0.3 is 0 Å². The average Bonchev–Trinajstić information content (AvgIpc) is 3.10. The smallest absolute Gasteiger partial charge is 0.261 e. The number of aromatic nitrogens is 1. The Balaban J connectivity index is 1.73. The van der Waals surface area contributed by atoms with Crippen LogP contribution in [-0.4, -0.2) is 10.5 Å². The number of nitrogens with zero attached hydrogens (tertiary/aromatic N) is 1. The predicted molar refractivity (Wildman–Crippen MR) is 80.1 cm³/mol. The molecule has 3 aromatic heterocycles. The summed E-state index contributed by atoms with van der Waals surface area (Å²) in [5.41, 5.74) is 0. The van der Waals surface area contributed by atoms with E-state index in [4.69, 9.17) is 4.42 Å². The van der Waals surface area contributed by atoms with E-state index in [1.165, 1.54) is 11.3 Å². The molecule has 3 rings (SSSR count). The van der Waals surface area contributed by atoms with Gasteiger partial charge in [-0.1, -0.05) is 0 Å². The van der Waals surface area contributed by atoms with Crippen molar-refractivity contribution in [1.82, 2.24) is 9.88 Å². The second-order valence-corrected chi connectivity index (χ2v) is 6.08. The molecule has 0 aliphatic rings. The Morgan fingerprint density at radius 3 is 2.95 bits per heavy atom. The number of carbonyl (C=O) groups excluding carboxylic acids is 1. The molecule has 0 spiro atoms. The van der Waals surface area contributed by atoms with Crippen molar-refractivity contribution < 1.29 is 9.21 Å². The SMILES string of the molecule is CC(C)n1cc2cc(C(=O)NCc3ccco3)sc2c1. The molecule has 3 aromatic rings. The minimum atomic E-state index is -0.0568. The number of hydrogen-bond donors (Lipinski definition) is 1. The maximum atomic E-state index is 12.1. The topological polar surface area (TPSA) is 47.2 Å². The highest BCUT2D eigenvalue weighted by Crippen LogP contribution is 2.28. The first kappa shape index (κ1) is 13.0. The molecule has 0 aromatic carbocycles. The minimum absolute atomic E-state index is 0.0568. The van der Waals surface area contributed by atoms with Crippen LogP contribution in [0.1, 0.15) is 35.3 Å². The van der Waals surface area contributed by atoms with E-state index in [2.05, 4.69) is 36.1 Å². The quantitative estimate of drug-likeness (QED) is 0.793. The van der Waals surface area contributed by atoms with Gasteiger partial charge < -0.3 is 14.3 Å². The van der Waals surface area contributed by atoms with Gasteiger partial charge in [-0.2, -0.15) is 0 Å². The van der Waals surface area contributed by atoms with E-state index in [9.17, 15) is 4.79 Å². The molecule has 0 fully saturated rings. The number of furan rings is 1. The molecule has 1 N–H and O–H groups in total. The van der Waals surface area contributed by atoms with Crippen LogP contribution in [0.5, 0.6) is 0 Å². The maximum Gasteiger partial charge on any atom is 0.261 e. The lowest BCUT2D eigenvalue weighted by Gasteiger charge is -2.05. The van der Waals surface area contributed by atoms with Gasteiger partial charge in [0.15, 0.2) is 0 Å². The zero-order valence-corrected chi connectivity index (χ0v) is 12.2. The summed E-state index contributed by atoms with van der Waals surface area (Å²) in [7, 11) is 0. The number of amides is 1. The Morgan fingerprint density at radius 2 is 2.30 bits per heavy atom. The van der Waals surface area contributed by atoms with Crippen molar-refractivity contribution in [3.8, 4) is 0 Å². The highest BCUT2D eigenvalue weighted by Gasteiger charge is 2.12. The Morgan fingerprint density at radius 1 is 1.45 bits per heavy atom. The van der Waals surface area contributed by atoms with Crippen LogP contribution in [0.25, 0.3) is 10.1 Å². The van der Waals surface area contributed by atoms with Crippen LogP contribution < -0.4 is 5.32 Å². The van der Waals surface area contributed by atoms with Gasteiger partial charge in [-0.05, 0) is 32.0 Å². The number of nitrogens with one attached hydrogen (secondary N) is 1. The van der Waals surface area contributed by atoms with E-state index in [0.717, 1.165) is 20.7 Å². The van der Waals surface area contributed by atoms with Crippen molar-refractivity contribution in [2.45, 2.75) is 26.4 Å². The van der Waals surface area contributed by atoms with Crippen LogP contribution in [0, 0.1) is 0 Å². The fourth-order valence-electron chi connectivity index (χ4n) is 2.03. The second-order valence-electron chi connectivity index (χ2n) is 4.99. The molecule has 0 aliphatic heterocycles. The van der Waals surface area contributed by atoms with Crippen molar-refractivity contribution in [3.63, 3.8) is 0 Å². The van der Waals surface area contributed by atoms with Crippen LogP contribution in [0.3, 0.4) is 0 Å². The third-order valence-electron chi connectivity index (χ3n) is 3.17. The molecule has 20 heavy (non-hydrogen) atoms. The fraction of sp³-hybridized carbons (Fsp3) is 0.267. The van der Waals surface area contributed by atoms with Gasteiger partial charge in [0.1, 0.15) is 5.76 Å². The molecule has 0 bridgehead atoms. The zero-order chi connectivity index (χ0) is 14.1. The molecule has 0 saturated carbocycles. The number of hydrogen-bond acceptors (Lipinski definition) is 3. The molecule has 4 nitrogen and oxygen atoms in total. The Kier molecular flexibility index (Phi) is 3.36. The first-order valence-corrected chi connectivity index (χ1v) is 7.37. The molecule has 0 aliphatic carbocycles. The highest BCUT2D eigenvalue weighted by atomic mass is 32.1. The summed E-state index contributed by atoms with van der Waals surface area (Å²) < 4.78 is 8.49. The molecular weight excluding hydrogens is 272 g/mol. The van der Waals surface area contributed by atoms with E-state index < -0.39 is 0 Å². The van der Waals surface area contributed by atoms with E-state index in [0.29, 0.717) is 12.6 Å². The Hall–Kier alpha value is -2.01. The lowest BCUT2D eigenvalue weighted by molar-refractivity contribution is 0.0952. The summed E-state index contributed by atoms with van der Waals surface area (Å²) in [4.78, 5) is 12.8. The summed E-state index contributed by atoms with van der Waals surface area (Å²) in [6.45, 7) is 4.70. The number of thiophene rings is 1. The van der Waals surface area contributed by atoms with Crippen molar-refractivity contribution in [3.05, 3.63) is 47.5 Å². The zero-order valence-electron chi connectivity index (χ0n) is 11.4. The molecule has 0 radical (unpaired) electrons. The van der Waals surface area contributed by atoms with E-state index >= 15 is 0 Å². The summed E-state index contributed by atoms with van der Waals surface area (Å²) in [5.74, 6) is 0.699. The van der Waals surface area contributed by atoms with Gasteiger partial charge in [0.25, 0.3) is 5.91 Å². The number of fused-ring (bicyclic) bond motifs is 1. The van der Waals surface area contributed by atoms with Gasteiger partial charge in [-0.25, -0.2) is 0 Å². The van der Waals surface area contributed by atoms with Gasteiger partial charge in [-0.3, -0.25) is 4.79 Å². The molecular formula is C15H16N2O2S. The molecule has 0 saturated heterocycles. The van der Waals surface area contributed by atoms with E-state index in [1.54, 1.807) is 6.26 Å². The van der Waals surface area contributed by atoms with E-state index in [1.807, 2.05) is 18.2 Å². The van der Waals surface area contributed by atoms with Gasteiger partial charge in [0, 0.05) is 23.8 Å². The van der Waals surface area contributed by atoms with Crippen molar-refractivity contribution in [2.75, 3.05) is 0 Å². The fourth-order valence-corrected chi connectivity index (χ4v) is 3.02. The predicted octanol–water partition coefficient (Wildman–Crippen LogP) is 3.81. The summed E-state index contributed by atoms with van der Waals surface area (Å²) in [5, 5.41) is 3.98. The first-order chi connectivity index (χ1) is 9.63. The van der Waals surface area contributed by atoms with Crippen molar-refractivity contribution in [1.29, 1.82) is 0 Å². The third kappa shape index (κ3) is 2.49. The minimum Gasteiger partial charge on any atom is -0.467 e. The van der Waals surface area contributed by atoms with Crippen LogP contribution in [0.15, 0.2) is 41.3 Å². The molecule has 1 amide bonds. The largest absolute Gasteiger partial charge is 0.467 e. The van der Waals surface area contributed by atoms with Gasteiger partial charge in [0.05, 0.1) is 22.4 Å². The summed E-state index contributed by atoms with van der Waals surface area (Å²) in [6.07, 6.45) is 5.78. The summed E-state index contributed by atoms with van der Waals surface area (Å²) in [6, 6.07) is 6.03.